The lowest BCUT2D eigenvalue weighted by molar-refractivity contribution is -0.134. The lowest BCUT2D eigenvalue weighted by atomic mass is 9.69. The maximum absolute atomic E-state index is 13.7. The fourth-order valence-electron chi connectivity index (χ4n) is 5.31. The van der Waals surface area contributed by atoms with Crippen molar-refractivity contribution in [2.45, 2.75) is 64.7 Å². The summed E-state index contributed by atoms with van der Waals surface area (Å²) in [4.78, 5) is 27.4. The molecule has 33 heavy (non-hydrogen) atoms. The Morgan fingerprint density at radius 3 is 2.24 bits per heavy atom. The topological polar surface area (TPSA) is 58.6 Å². The molecule has 1 heterocycles. The van der Waals surface area contributed by atoms with E-state index in [0.717, 1.165) is 36.8 Å². The van der Waals surface area contributed by atoms with Crippen LogP contribution in [-0.2, 0) is 16.1 Å². The Balaban J connectivity index is 1.62. The van der Waals surface area contributed by atoms with Crippen molar-refractivity contribution in [3.8, 4) is 0 Å². The quantitative estimate of drug-likeness (QED) is 0.647. The number of nitrogens with zero attached hydrogens (tertiary/aromatic N) is 1. The number of carbonyl (C=O) groups excluding carboxylic acids is 2. The van der Waals surface area contributed by atoms with Gasteiger partial charge in [0, 0.05) is 6.54 Å². The van der Waals surface area contributed by atoms with Gasteiger partial charge in [0.1, 0.15) is 11.9 Å². The van der Waals surface area contributed by atoms with Crippen LogP contribution in [0.1, 0.15) is 74.0 Å². The number of esters is 1. The normalized spacial score (nSPS) is 25.5. The van der Waals surface area contributed by atoms with Gasteiger partial charge in [0.25, 0.3) is 0 Å². The maximum Gasteiger partial charge on any atom is 0.337 e. The molecule has 2 fully saturated rings. The number of rotatable bonds is 4. The zero-order chi connectivity index (χ0) is 23.8. The molecule has 1 N–H and O–H groups in total. The summed E-state index contributed by atoms with van der Waals surface area (Å²) < 4.78 is 18.3. The zero-order valence-corrected chi connectivity index (χ0v) is 19.9. The summed E-state index contributed by atoms with van der Waals surface area (Å²) in [5.41, 5.74) is 2.02. The van der Waals surface area contributed by atoms with E-state index in [9.17, 15) is 14.0 Å². The molecule has 0 radical (unpaired) electrons. The van der Waals surface area contributed by atoms with Crippen molar-refractivity contribution in [2.75, 3.05) is 7.11 Å². The first-order chi connectivity index (χ1) is 15.6. The second-order valence-electron chi connectivity index (χ2n) is 10.4. The average molecular weight is 453 g/mol. The van der Waals surface area contributed by atoms with Gasteiger partial charge >= 0.3 is 5.97 Å². The average Bonchev–Trinajstić information content (AvgIpc) is 3.05. The summed E-state index contributed by atoms with van der Waals surface area (Å²) in [6, 6.07) is 12.9. The van der Waals surface area contributed by atoms with Crippen LogP contribution >= 0.6 is 0 Å². The van der Waals surface area contributed by atoms with E-state index in [0.29, 0.717) is 18.0 Å². The second-order valence-corrected chi connectivity index (χ2v) is 10.4. The first-order valence-corrected chi connectivity index (χ1v) is 11.6. The summed E-state index contributed by atoms with van der Waals surface area (Å²) in [5.74, 6) is -0.0834. The van der Waals surface area contributed by atoms with Gasteiger partial charge in [-0.25, -0.2) is 9.18 Å². The van der Waals surface area contributed by atoms with Crippen LogP contribution in [0.25, 0.3) is 0 Å². The summed E-state index contributed by atoms with van der Waals surface area (Å²) >= 11 is 0. The molecular formula is C27H33FN2O3. The third kappa shape index (κ3) is 4.67. The molecule has 1 unspecified atom stereocenters. The molecular weight excluding hydrogens is 419 g/mol. The Morgan fingerprint density at radius 1 is 1.09 bits per heavy atom. The van der Waals surface area contributed by atoms with Crippen molar-refractivity contribution in [2.24, 2.45) is 11.3 Å². The predicted molar refractivity (Wildman–Crippen MR) is 125 cm³/mol. The van der Waals surface area contributed by atoms with E-state index in [2.05, 4.69) is 26.1 Å². The maximum atomic E-state index is 13.7. The number of halogens is 1. The van der Waals surface area contributed by atoms with Gasteiger partial charge in [-0.05, 0) is 72.4 Å². The first kappa shape index (κ1) is 23.4. The van der Waals surface area contributed by atoms with E-state index in [1.807, 2.05) is 17.0 Å². The summed E-state index contributed by atoms with van der Waals surface area (Å²) in [6.07, 6.45) is 3.83. The van der Waals surface area contributed by atoms with E-state index in [-0.39, 0.29) is 23.1 Å². The fraction of sp³-hybridized carbons (Fsp3) is 0.481. The minimum absolute atomic E-state index is 0.00728. The molecule has 2 aromatic carbocycles. The van der Waals surface area contributed by atoms with E-state index in [1.54, 1.807) is 24.3 Å². The van der Waals surface area contributed by atoms with Gasteiger partial charge in [-0.15, -0.1) is 0 Å². The molecule has 1 atom stereocenters. The molecule has 1 aliphatic heterocycles. The molecule has 0 bridgehead atoms. The number of ether oxygens (including phenoxy) is 1. The highest BCUT2D eigenvalue weighted by Crippen LogP contribution is 2.47. The predicted octanol–water partition coefficient (Wildman–Crippen LogP) is 5.22. The largest absolute Gasteiger partial charge is 0.465 e. The molecule has 1 saturated heterocycles. The van der Waals surface area contributed by atoms with Crippen LogP contribution in [-0.4, -0.2) is 29.5 Å². The highest BCUT2D eigenvalue weighted by molar-refractivity contribution is 5.89. The summed E-state index contributed by atoms with van der Waals surface area (Å²) in [6.45, 7) is 7.30. The summed E-state index contributed by atoms with van der Waals surface area (Å²) in [7, 11) is 1.36. The SMILES string of the molecule is COC(=O)c1ccc(CN2C(=O)C(c3ccc(F)cc3)NC23CCC(C(C)(C)C)CC3)cc1. The van der Waals surface area contributed by atoms with Crippen molar-refractivity contribution >= 4 is 11.9 Å². The number of methoxy groups -OCH3 is 1. The molecule has 176 valence electrons. The van der Waals surface area contributed by atoms with Crippen molar-refractivity contribution in [1.82, 2.24) is 10.2 Å². The number of nitrogens with one attached hydrogen (secondary N) is 1. The van der Waals surface area contributed by atoms with Crippen molar-refractivity contribution in [3.05, 3.63) is 71.0 Å². The van der Waals surface area contributed by atoms with Crippen LogP contribution < -0.4 is 5.32 Å². The van der Waals surface area contributed by atoms with Gasteiger partial charge in [0.05, 0.1) is 18.3 Å². The lowest BCUT2D eigenvalue weighted by Gasteiger charge is -2.46. The first-order valence-electron chi connectivity index (χ1n) is 11.6. The molecule has 0 aromatic heterocycles. The molecule has 1 amide bonds. The Hall–Kier alpha value is -2.73. The number of benzene rings is 2. The minimum atomic E-state index is -0.494. The van der Waals surface area contributed by atoms with Crippen LogP contribution in [0.3, 0.4) is 0 Å². The molecule has 1 saturated carbocycles. The third-order valence-electron chi connectivity index (χ3n) is 7.40. The number of hydrogen-bond donors (Lipinski definition) is 1. The van der Waals surface area contributed by atoms with Gasteiger partial charge in [-0.2, -0.15) is 0 Å². The highest BCUT2D eigenvalue weighted by atomic mass is 19.1. The van der Waals surface area contributed by atoms with Crippen LogP contribution in [0.15, 0.2) is 48.5 Å². The van der Waals surface area contributed by atoms with Gasteiger partial charge in [-0.3, -0.25) is 10.1 Å². The summed E-state index contributed by atoms with van der Waals surface area (Å²) in [5, 5.41) is 3.65. The van der Waals surface area contributed by atoms with E-state index < -0.39 is 11.7 Å². The van der Waals surface area contributed by atoms with Gasteiger partial charge < -0.3 is 9.64 Å². The molecule has 5 nitrogen and oxygen atoms in total. The highest BCUT2D eigenvalue weighted by Gasteiger charge is 2.52. The Labute approximate surface area is 195 Å². The van der Waals surface area contributed by atoms with Crippen molar-refractivity contribution < 1.29 is 18.7 Å². The molecule has 2 aromatic rings. The van der Waals surface area contributed by atoms with Gasteiger partial charge in [-0.1, -0.05) is 45.0 Å². The van der Waals surface area contributed by atoms with Gasteiger partial charge in [0.15, 0.2) is 0 Å². The Morgan fingerprint density at radius 2 is 1.70 bits per heavy atom. The molecule has 6 heteroatoms. The van der Waals surface area contributed by atoms with Gasteiger partial charge in [0.2, 0.25) is 5.91 Å². The van der Waals surface area contributed by atoms with Crippen LogP contribution in [0, 0.1) is 17.2 Å². The van der Waals surface area contributed by atoms with Crippen molar-refractivity contribution in [1.29, 1.82) is 0 Å². The molecule has 1 aliphatic carbocycles. The van der Waals surface area contributed by atoms with Crippen LogP contribution in [0.5, 0.6) is 0 Å². The Bertz CT molecular complexity index is 1000. The minimum Gasteiger partial charge on any atom is -0.465 e. The fourth-order valence-corrected chi connectivity index (χ4v) is 5.31. The third-order valence-corrected chi connectivity index (χ3v) is 7.40. The van der Waals surface area contributed by atoms with E-state index in [4.69, 9.17) is 4.74 Å². The zero-order valence-electron chi connectivity index (χ0n) is 19.9. The van der Waals surface area contributed by atoms with Crippen LogP contribution in [0.2, 0.25) is 0 Å². The van der Waals surface area contributed by atoms with E-state index >= 15 is 0 Å². The standard InChI is InChI=1S/C27H33FN2O3/c1-26(2,3)21-13-15-27(16-14-21)29-23(19-9-11-22(28)12-10-19)24(31)30(27)17-18-5-7-20(8-6-18)25(32)33-4/h5-12,21,23,29H,13-17H2,1-4H3. The molecule has 2 aliphatic rings. The smallest absolute Gasteiger partial charge is 0.337 e. The number of amides is 1. The van der Waals surface area contributed by atoms with Crippen LogP contribution in [0.4, 0.5) is 4.39 Å². The number of carbonyl (C=O) groups is 2. The second kappa shape index (κ2) is 8.90. The molecule has 4 rings (SSSR count). The Kier molecular flexibility index (Phi) is 6.32. The number of hydrogen-bond acceptors (Lipinski definition) is 4. The monoisotopic (exact) mass is 452 g/mol. The molecule has 1 spiro atoms. The lowest BCUT2D eigenvalue weighted by Crippen LogP contribution is -2.54. The van der Waals surface area contributed by atoms with Crippen molar-refractivity contribution in [3.63, 3.8) is 0 Å². The van der Waals surface area contributed by atoms with E-state index in [1.165, 1.54) is 19.2 Å².